The molecule has 0 aliphatic carbocycles. The van der Waals surface area contributed by atoms with Crippen LogP contribution in [-0.2, 0) is 0 Å². The molecule has 0 atom stereocenters. The lowest BCUT2D eigenvalue weighted by Gasteiger charge is -1.80. The third-order valence-electron chi connectivity index (χ3n) is 4.77. The number of terminal acetylenes is 1. The lowest BCUT2D eigenvalue weighted by molar-refractivity contribution is 1.30. The number of nitrogens with zero attached hydrogens (tertiary/aromatic N) is 2. The molecule has 3 heteroatoms. The van der Waals surface area contributed by atoms with Crippen LogP contribution in [0.2, 0.25) is 0 Å². The largest absolute Gasteiger partial charge is 0.343 e. The molecule has 3 nitrogen and oxygen atoms in total. The zero-order chi connectivity index (χ0) is 48.4. The van der Waals surface area contributed by atoms with E-state index in [0.29, 0.717) is 0 Å². The molecular formula is C65H9N3. The van der Waals surface area contributed by atoms with Gasteiger partial charge in [0, 0.05) is 243 Å². The molecule has 0 saturated heterocycles. The number of aromatic nitrogens is 3. The Morgan fingerprint density at radius 1 is 0.294 bits per heavy atom. The predicted molar refractivity (Wildman–Crippen MR) is 266 cm³/mol. The number of rotatable bonds is 0. The molecule has 0 bridgehead atoms. The molecule has 0 aliphatic heterocycles. The monoisotopic (exact) mass is 831 g/mol. The fourth-order valence-electron chi connectivity index (χ4n) is 2.53. The smallest absolute Gasteiger partial charge is 0.177 e. The number of hydrogen-bond donors (Lipinski definition) is 1. The number of imidazole rings is 1. The Kier molecular flexibility index (Phi) is 34.8. The van der Waals surface area contributed by atoms with Crippen molar-refractivity contribution in [3.8, 4) is 344 Å². The van der Waals surface area contributed by atoms with Crippen LogP contribution in [0.5, 0.6) is 0 Å². The lowest BCUT2D eigenvalue weighted by atomic mass is 10.4. The van der Waals surface area contributed by atoms with Gasteiger partial charge < -0.3 is 4.98 Å². The summed E-state index contributed by atoms with van der Waals surface area (Å²) in [4.78, 5) is 10.9. The van der Waals surface area contributed by atoms with E-state index in [-0.39, 0.29) is 0 Å². The summed E-state index contributed by atoms with van der Waals surface area (Å²) in [5.74, 6) is 142. The number of pyridine rings is 1. The summed E-state index contributed by atoms with van der Waals surface area (Å²) < 4.78 is 0. The Morgan fingerprint density at radius 2 is 0.500 bits per heavy atom. The molecule has 0 radical (unpaired) electrons. The third-order valence-corrected chi connectivity index (χ3v) is 4.77. The third kappa shape index (κ3) is 38.7. The van der Waals surface area contributed by atoms with Crippen LogP contribution in [0.25, 0.3) is 11.2 Å². The van der Waals surface area contributed by atoms with Crippen LogP contribution in [-0.4, -0.2) is 15.0 Å². The molecule has 284 valence electrons. The van der Waals surface area contributed by atoms with Crippen LogP contribution in [0.15, 0.2) is 24.7 Å². The van der Waals surface area contributed by atoms with Crippen molar-refractivity contribution in [1.29, 1.82) is 0 Å². The van der Waals surface area contributed by atoms with Gasteiger partial charge >= 0.3 is 0 Å². The first-order chi connectivity index (χ1) is 33.9. The van der Waals surface area contributed by atoms with E-state index in [1.807, 2.05) is 12.1 Å². The number of fused-ring (bicyclic) bond motifs is 1. The van der Waals surface area contributed by atoms with Gasteiger partial charge in [-0.25, -0.2) is 9.97 Å². The summed E-state index contributed by atoms with van der Waals surface area (Å²) in [6.07, 6.45) is 8.30. The van der Waals surface area contributed by atoms with E-state index >= 15 is 0 Å². The molecule has 0 saturated carbocycles. The Bertz CT molecular complexity index is 4310. The van der Waals surface area contributed by atoms with Crippen molar-refractivity contribution in [2.24, 2.45) is 0 Å². The zero-order valence-corrected chi connectivity index (χ0v) is 34.8. The second-order valence-electron chi connectivity index (χ2n) is 9.05. The molecular weight excluding hydrogens is 823 g/mol. The standard InChI is InChI=1S/C59H4.C6H5N3/c1-3-5-7-9-11-13-15-17-19-21-23-25-27-29-31-33-35-37-39-41-43-45-47-49-51-53-55-57-59-58-56-54-52-50-48-46-44-42-40-38-36-34-32-30-28-26-24-22-20-18-16-14-12-10-8-6-4-2;1-2-5-6(7-3-1)9-4-8-5/h1H,2H3;1-4H,(H,7,8,9). The van der Waals surface area contributed by atoms with Crippen molar-refractivity contribution in [3.05, 3.63) is 24.7 Å². The first-order valence-electron chi connectivity index (χ1n) is 17.5. The minimum Gasteiger partial charge on any atom is -0.343 e. The van der Waals surface area contributed by atoms with Gasteiger partial charge in [-0.3, -0.25) is 0 Å². The van der Waals surface area contributed by atoms with E-state index < -0.39 is 0 Å². The number of nitrogens with one attached hydrogen (secondary N) is 1. The SMILES string of the molecule is C#CC#CC#CC#CC#CC#CC#CC#CC#CC#CC#CC#CC#CC#CC#CC#CC#CC#CC#CC#CC#CC#CC#CC#CC#CC#CC#CC#CC#CC.c1cnc2nc[nH]c2c1. The van der Waals surface area contributed by atoms with Crippen molar-refractivity contribution in [2.45, 2.75) is 6.92 Å². The van der Waals surface area contributed by atoms with Gasteiger partial charge in [-0.1, -0.05) is 5.92 Å². The van der Waals surface area contributed by atoms with Crippen molar-refractivity contribution < 1.29 is 0 Å². The van der Waals surface area contributed by atoms with Crippen molar-refractivity contribution in [1.82, 2.24) is 15.0 Å². The molecule has 2 rings (SSSR count). The number of hydrogen-bond acceptors (Lipinski definition) is 2. The van der Waals surface area contributed by atoms with Gasteiger partial charge in [0.2, 0.25) is 0 Å². The molecule has 2 heterocycles. The molecule has 2 aromatic rings. The molecule has 0 aromatic carbocycles. The van der Waals surface area contributed by atoms with E-state index in [1.54, 1.807) is 19.4 Å². The van der Waals surface area contributed by atoms with Gasteiger partial charge in [0.1, 0.15) is 0 Å². The molecule has 0 aliphatic rings. The highest BCUT2D eigenvalue weighted by molar-refractivity contribution is 5.68. The van der Waals surface area contributed by atoms with E-state index in [9.17, 15) is 0 Å². The predicted octanol–water partition coefficient (Wildman–Crippen LogP) is 1.69. The summed E-state index contributed by atoms with van der Waals surface area (Å²) in [7, 11) is 0. The fourth-order valence-corrected chi connectivity index (χ4v) is 2.53. The number of H-pyrrole nitrogens is 1. The van der Waals surface area contributed by atoms with Gasteiger partial charge in [0.15, 0.2) is 5.65 Å². The van der Waals surface area contributed by atoms with Crippen LogP contribution in [0.3, 0.4) is 0 Å². The van der Waals surface area contributed by atoms with Crippen LogP contribution >= 0.6 is 0 Å². The molecule has 68 heavy (non-hydrogen) atoms. The fraction of sp³-hybridized carbons (Fsp3) is 0.0154. The highest BCUT2D eigenvalue weighted by Crippen LogP contribution is 2.01. The molecule has 0 amide bonds. The minimum absolute atomic E-state index is 0.775. The Balaban J connectivity index is 0.00000225. The van der Waals surface area contributed by atoms with E-state index in [4.69, 9.17) is 6.42 Å². The van der Waals surface area contributed by atoms with Gasteiger partial charge in [-0.15, -0.1) is 6.42 Å². The Morgan fingerprint density at radius 3 is 0.691 bits per heavy atom. The summed E-state index contributed by atoms with van der Waals surface area (Å²) in [5, 5.41) is 0. The van der Waals surface area contributed by atoms with E-state index in [1.165, 1.54) is 0 Å². The molecule has 0 fully saturated rings. The Hall–Kier alpha value is -14.1. The molecule has 2 aromatic heterocycles. The minimum atomic E-state index is 0.775. The van der Waals surface area contributed by atoms with Crippen molar-refractivity contribution in [2.75, 3.05) is 0 Å². The summed E-state index contributed by atoms with van der Waals surface area (Å²) in [6, 6.07) is 3.82. The molecule has 0 spiro atoms. The second-order valence-corrected chi connectivity index (χ2v) is 9.05. The first-order valence-corrected chi connectivity index (χ1v) is 17.5. The normalized spacial score (nSPS) is 4.76. The van der Waals surface area contributed by atoms with E-state index in [2.05, 4.69) is 352 Å². The summed E-state index contributed by atoms with van der Waals surface area (Å²) >= 11 is 0. The van der Waals surface area contributed by atoms with Crippen LogP contribution in [0.4, 0.5) is 0 Å². The topological polar surface area (TPSA) is 41.6 Å². The highest BCUT2D eigenvalue weighted by atomic mass is 14.9. The van der Waals surface area contributed by atoms with Crippen molar-refractivity contribution in [3.63, 3.8) is 0 Å². The van der Waals surface area contributed by atoms with Crippen LogP contribution in [0, 0.1) is 344 Å². The van der Waals surface area contributed by atoms with Gasteiger partial charge in [-0.2, -0.15) is 0 Å². The Labute approximate surface area is 399 Å². The lowest BCUT2D eigenvalue weighted by Crippen LogP contribution is -1.71. The van der Waals surface area contributed by atoms with Crippen molar-refractivity contribution >= 4 is 11.2 Å². The molecule has 1 N–H and O–H groups in total. The molecule has 0 unspecified atom stereocenters. The van der Waals surface area contributed by atoms with Crippen LogP contribution < -0.4 is 0 Å². The quantitative estimate of drug-likeness (QED) is 0.412. The maximum Gasteiger partial charge on any atom is 0.177 e. The maximum absolute atomic E-state index is 4.94. The van der Waals surface area contributed by atoms with Gasteiger partial charge in [0.05, 0.1) is 11.8 Å². The summed E-state index contributed by atoms with van der Waals surface area (Å²) in [5.41, 5.74) is 1.76. The summed E-state index contributed by atoms with van der Waals surface area (Å²) in [6.45, 7) is 1.69. The highest BCUT2D eigenvalue weighted by Gasteiger charge is 1.90. The maximum atomic E-state index is 4.94. The van der Waals surface area contributed by atoms with Gasteiger partial charge in [-0.05, 0) is 114 Å². The first kappa shape index (κ1) is 51.9. The average molecular weight is 832 g/mol. The van der Waals surface area contributed by atoms with Gasteiger partial charge in [0.25, 0.3) is 0 Å². The number of aromatic amines is 1. The van der Waals surface area contributed by atoms with Crippen LogP contribution in [0.1, 0.15) is 6.92 Å². The second kappa shape index (κ2) is 45.6. The van der Waals surface area contributed by atoms with E-state index in [0.717, 1.165) is 11.2 Å². The average Bonchev–Trinajstić information content (AvgIpc) is 3.85. The zero-order valence-electron chi connectivity index (χ0n) is 34.8.